The number of fused-ring (bicyclic) bond motifs is 1. The third kappa shape index (κ3) is 3.35. The molecule has 0 radical (unpaired) electrons. The highest BCUT2D eigenvalue weighted by Gasteiger charge is 2.27. The van der Waals surface area contributed by atoms with Gasteiger partial charge in [0.05, 0.1) is 11.3 Å². The molecule has 7 heteroatoms. The van der Waals surface area contributed by atoms with Crippen molar-refractivity contribution in [3.05, 3.63) is 41.7 Å². The van der Waals surface area contributed by atoms with Crippen LogP contribution in [0.3, 0.4) is 0 Å². The number of hydrogen-bond donors (Lipinski definition) is 1. The third-order valence-corrected chi connectivity index (χ3v) is 5.23. The summed E-state index contributed by atoms with van der Waals surface area (Å²) in [5.74, 6) is 1.64. The number of carbonyl (C=O) groups excluding carboxylic acids is 1. The Labute approximate surface area is 141 Å². The predicted octanol–water partition coefficient (Wildman–Crippen LogP) is 3.69. The van der Waals surface area contributed by atoms with Crippen LogP contribution in [0.4, 0.5) is 5.13 Å². The van der Waals surface area contributed by atoms with Crippen molar-refractivity contribution in [2.75, 3.05) is 11.1 Å². The Morgan fingerprint density at radius 1 is 1.30 bits per heavy atom. The number of nitrogens with zero attached hydrogens (tertiary/aromatic N) is 3. The first-order valence-corrected chi connectivity index (χ1v) is 9.25. The normalized spacial score (nSPS) is 14.1. The lowest BCUT2D eigenvalue weighted by Crippen LogP contribution is -2.14. The molecular weight excluding hydrogens is 328 g/mol. The Bertz CT molecular complexity index is 846. The second-order valence-corrected chi connectivity index (χ2v) is 7.21. The summed E-state index contributed by atoms with van der Waals surface area (Å²) in [6.07, 6.45) is 3.99. The summed E-state index contributed by atoms with van der Waals surface area (Å²) in [6, 6.07) is 7.97. The molecule has 2 heterocycles. The summed E-state index contributed by atoms with van der Waals surface area (Å²) in [5, 5.41) is 7.14. The van der Waals surface area contributed by atoms with Crippen molar-refractivity contribution < 1.29 is 4.79 Å². The Balaban J connectivity index is 1.54. The summed E-state index contributed by atoms with van der Waals surface area (Å²) in [6.45, 7) is 0. The first-order valence-electron chi connectivity index (χ1n) is 7.38. The number of nitrogens with one attached hydrogen (secondary N) is 1. The lowest BCUT2D eigenvalue weighted by molar-refractivity contribution is -0.113. The fraction of sp³-hybridized carbons (Fsp3) is 0.250. The van der Waals surface area contributed by atoms with E-state index >= 15 is 0 Å². The Hall–Kier alpha value is -1.99. The minimum Gasteiger partial charge on any atom is -0.301 e. The van der Waals surface area contributed by atoms with Gasteiger partial charge >= 0.3 is 0 Å². The Morgan fingerprint density at radius 3 is 2.96 bits per heavy atom. The average Bonchev–Trinajstić information content (AvgIpc) is 3.30. The number of para-hydroxylation sites is 1. The quantitative estimate of drug-likeness (QED) is 0.566. The van der Waals surface area contributed by atoms with Crippen LogP contribution in [0.15, 0.2) is 40.9 Å². The van der Waals surface area contributed by atoms with E-state index in [2.05, 4.69) is 15.3 Å². The van der Waals surface area contributed by atoms with Crippen LogP contribution in [0.5, 0.6) is 0 Å². The monoisotopic (exact) mass is 342 g/mol. The third-order valence-electron chi connectivity index (χ3n) is 3.55. The van der Waals surface area contributed by atoms with E-state index in [-0.39, 0.29) is 5.91 Å². The van der Waals surface area contributed by atoms with Gasteiger partial charge in [0.25, 0.3) is 0 Å². The van der Waals surface area contributed by atoms with Gasteiger partial charge in [-0.3, -0.25) is 4.79 Å². The molecule has 1 fully saturated rings. The van der Waals surface area contributed by atoms with Gasteiger partial charge in [-0.2, -0.15) is 0 Å². The van der Waals surface area contributed by atoms with Crippen LogP contribution in [-0.2, 0) is 4.79 Å². The number of amides is 1. The predicted molar refractivity (Wildman–Crippen MR) is 93.0 cm³/mol. The Morgan fingerprint density at radius 2 is 2.17 bits per heavy atom. The summed E-state index contributed by atoms with van der Waals surface area (Å²) in [5.41, 5.74) is 0.951. The van der Waals surface area contributed by atoms with Crippen LogP contribution < -0.4 is 5.32 Å². The molecule has 1 amide bonds. The van der Waals surface area contributed by atoms with Crippen molar-refractivity contribution in [1.82, 2.24) is 15.0 Å². The second-order valence-electron chi connectivity index (χ2n) is 5.35. The van der Waals surface area contributed by atoms with Gasteiger partial charge < -0.3 is 5.32 Å². The fourth-order valence-corrected chi connectivity index (χ4v) is 3.64. The fourth-order valence-electron chi connectivity index (χ4n) is 2.27. The molecule has 5 nitrogen and oxygen atoms in total. The molecule has 3 aromatic rings. The highest BCUT2D eigenvalue weighted by molar-refractivity contribution is 8.00. The van der Waals surface area contributed by atoms with E-state index < -0.39 is 0 Å². The van der Waals surface area contributed by atoms with E-state index in [1.807, 2.05) is 29.6 Å². The molecule has 1 aliphatic rings. The molecule has 0 unspecified atom stereocenters. The molecule has 2 aromatic heterocycles. The van der Waals surface area contributed by atoms with E-state index in [1.165, 1.54) is 23.1 Å². The van der Waals surface area contributed by atoms with E-state index in [0.717, 1.165) is 34.6 Å². The summed E-state index contributed by atoms with van der Waals surface area (Å²) < 4.78 is 0. The van der Waals surface area contributed by atoms with E-state index in [9.17, 15) is 4.79 Å². The molecule has 1 saturated carbocycles. The largest absolute Gasteiger partial charge is 0.301 e. The van der Waals surface area contributed by atoms with Gasteiger partial charge in [-0.15, -0.1) is 11.3 Å². The molecule has 0 bridgehead atoms. The van der Waals surface area contributed by atoms with Crippen molar-refractivity contribution in [3.8, 4) is 0 Å². The lowest BCUT2D eigenvalue weighted by atomic mass is 10.2. The molecule has 1 aliphatic carbocycles. The standard InChI is InChI=1S/C16H14N4OS2/c21-13(19-16-17-7-8-22-16)9-23-15-11-3-1-2-4-12(11)18-14(20-15)10-5-6-10/h1-4,7-8,10H,5-6,9H2,(H,17,19,21). The number of carbonyl (C=O) groups is 1. The zero-order chi connectivity index (χ0) is 15.6. The smallest absolute Gasteiger partial charge is 0.236 e. The van der Waals surface area contributed by atoms with E-state index in [1.54, 1.807) is 6.20 Å². The number of rotatable bonds is 5. The van der Waals surface area contributed by atoms with Crippen molar-refractivity contribution in [3.63, 3.8) is 0 Å². The minimum absolute atomic E-state index is 0.0689. The highest BCUT2D eigenvalue weighted by atomic mass is 32.2. The lowest BCUT2D eigenvalue weighted by Gasteiger charge is -2.07. The molecule has 0 saturated heterocycles. The number of benzene rings is 1. The van der Waals surface area contributed by atoms with Gasteiger partial charge in [-0.1, -0.05) is 30.0 Å². The van der Waals surface area contributed by atoms with Gasteiger partial charge in [0.1, 0.15) is 10.9 Å². The Kier molecular flexibility index (Phi) is 3.97. The maximum atomic E-state index is 12.0. The first kappa shape index (κ1) is 14.6. The van der Waals surface area contributed by atoms with Crippen LogP contribution in [-0.4, -0.2) is 26.6 Å². The summed E-state index contributed by atoms with van der Waals surface area (Å²) in [7, 11) is 0. The molecule has 0 spiro atoms. The van der Waals surface area contributed by atoms with Gasteiger partial charge in [0, 0.05) is 22.9 Å². The van der Waals surface area contributed by atoms with Crippen LogP contribution in [0.25, 0.3) is 10.9 Å². The molecule has 1 N–H and O–H groups in total. The van der Waals surface area contributed by atoms with Gasteiger partial charge in [0.15, 0.2) is 5.13 Å². The van der Waals surface area contributed by atoms with Gasteiger partial charge in [-0.25, -0.2) is 15.0 Å². The second kappa shape index (κ2) is 6.25. The number of thiazole rings is 1. The molecule has 4 rings (SSSR count). The van der Waals surface area contributed by atoms with Crippen LogP contribution in [0, 0.1) is 0 Å². The molecule has 116 valence electrons. The minimum atomic E-state index is -0.0689. The van der Waals surface area contributed by atoms with Crippen molar-refractivity contribution in [2.45, 2.75) is 23.8 Å². The number of aromatic nitrogens is 3. The maximum absolute atomic E-state index is 12.0. The van der Waals surface area contributed by atoms with Crippen molar-refractivity contribution in [2.24, 2.45) is 0 Å². The molecule has 23 heavy (non-hydrogen) atoms. The average molecular weight is 342 g/mol. The topological polar surface area (TPSA) is 67.8 Å². The van der Waals surface area contributed by atoms with Crippen molar-refractivity contribution >= 4 is 45.0 Å². The van der Waals surface area contributed by atoms with Crippen LogP contribution in [0.2, 0.25) is 0 Å². The van der Waals surface area contributed by atoms with E-state index in [4.69, 9.17) is 4.98 Å². The zero-order valence-corrected chi connectivity index (χ0v) is 13.9. The van der Waals surface area contributed by atoms with Gasteiger partial charge in [0.2, 0.25) is 5.91 Å². The number of hydrogen-bond acceptors (Lipinski definition) is 6. The highest BCUT2D eigenvalue weighted by Crippen LogP contribution is 2.39. The van der Waals surface area contributed by atoms with E-state index in [0.29, 0.717) is 16.8 Å². The molecular formula is C16H14N4OS2. The SMILES string of the molecule is O=C(CSc1nc(C2CC2)nc2ccccc12)Nc1nccs1. The van der Waals surface area contributed by atoms with Gasteiger partial charge in [-0.05, 0) is 18.9 Å². The van der Waals surface area contributed by atoms with Crippen LogP contribution >= 0.6 is 23.1 Å². The van der Waals surface area contributed by atoms with Crippen LogP contribution in [0.1, 0.15) is 24.6 Å². The first-order chi connectivity index (χ1) is 11.3. The molecule has 0 aliphatic heterocycles. The molecule has 1 aromatic carbocycles. The summed E-state index contributed by atoms with van der Waals surface area (Å²) >= 11 is 2.87. The number of thioether (sulfide) groups is 1. The van der Waals surface area contributed by atoms with Crippen molar-refractivity contribution in [1.29, 1.82) is 0 Å². The summed E-state index contributed by atoms with van der Waals surface area (Å²) in [4.78, 5) is 25.4. The zero-order valence-electron chi connectivity index (χ0n) is 12.2. The maximum Gasteiger partial charge on any atom is 0.236 e. The number of anilines is 1. The molecule has 0 atom stereocenters.